The quantitative estimate of drug-likeness (QED) is 0.411. The molecule has 31 heavy (non-hydrogen) atoms. The number of anilines is 1. The molecule has 9 nitrogen and oxygen atoms in total. The summed E-state index contributed by atoms with van der Waals surface area (Å²) in [5.74, 6) is 1.35. The number of aromatic nitrogens is 4. The highest BCUT2D eigenvalue weighted by Gasteiger charge is 2.15. The van der Waals surface area contributed by atoms with E-state index in [0.717, 1.165) is 44.0 Å². The summed E-state index contributed by atoms with van der Waals surface area (Å²) in [6.07, 6.45) is 1.40. The maximum atomic E-state index is 12.5. The minimum absolute atomic E-state index is 0.209. The molecule has 0 aliphatic heterocycles. The lowest BCUT2D eigenvalue weighted by Gasteiger charge is -2.17. The predicted molar refractivity (Wildman–Crippen MR) is 122 cm³/mol. The Kier molecular flexibility index (Phi) is 7.94. The van der Waals surface area contributed by atoms with Gasteiger partial charge in [-0.2, -0.15) is 4.52 Å². The molecular formula is C21H31N7O2S. The molecule has 2 N–H and O–H groups in total. The molecule has 168 valence electrons. The first-order valence-corrected chi connectivity index (χ1v) is 12.1. The van der Waals surface area contributed by atoms with Crippen LogP contribution in [0.4, 0.5) is 5.82 Å². The van der Waals surface area contributed by atoms with Gasteiger partial charge in [-0.15, -0.1) is 15.3 Å². The molecule has 0 unspecified atom stereocenters. The Morgan fingerprint density at radius 2 is 1.87 bits per heavy atom. The van der Waals surface area contributed by atoms with Crippen LogP contribution in [0.1, 0.15) is 31.7 Å². The molecule has 0 saturated carbocycles. The zero-order valence-corrected chi connectivity index (χ0v) is 19.2. The van der Waals surface area contributed by atoms with E-state index in [0.29, 0.717) is 17.9 Å². The average Bonchev–Trinajstić information content (AvgIpc) is 3.16. The number of fused-ring (bicyclic) bond motifs is 1. The first-order valence-electron chi connectivity index (χ1n) is 10.7. The van der Waals surface area contributed by atoms with Gasteiger partial charge in [-0.3, -0.25) is 0 Å². The maximum absolute atomic E-state index is 12.5. The van der Waals surface area contributed by atoms with Gasteiger partial charge in [-0.05, 0) is 62.8 Å². The number of sulfonamides is 1. The SMILES string of the molecule is CCN(CC)CCCNc1ccc2nnc(CCNS(=O)(=O)c3cccc(C)c3)n2n1. The van der Waals surface area contributed by atoms with Crippen molar-refractivity contribution in [1.82, 2.24) is 29.4 Å². The number of benzene rings is 1. The van der Waals surface area contributed by atoms with Crippen molar-refractivity contribution in [3.8, 4) is 0 Å². The monoisotopic (exact) mass is 445 g/mol. The summed E-state index contributed by atoms with van der Waals surface area (Å²) in [5, 5.41) is 16.2. The molecule has 0 fully saturated rings. The first kappa shape index (κ1) is 23.1. The normalized spacial score (nSPS) is 12.0. The molecule has 0 aliphatic carbocycles. The van der Waals surface area contributed by atoms with Gasteiger partial charge < -0.3 is 10.2 Å². The van der Waals surface area contributed by atoms with Crippen LogP contribution in [0.5, 0.6) is 0 Å². The number of nitrogens with zero attached hydrogens (tertiary/aromatic N) is 5. The summed E-state index contributed by atoms with van der Waals surface area (Å²) in [6.45, 7) is 10.4. The zero-order valence-electron chi connectivity index (χ0n) is 18.4. The van der Waals surface area contributed by atoms with Gasteiger partial charge in [0, 0.05) is 19.5 Å². The van der Waals surface area contributed by atoms with Crippen LogP contribution in [0.25, 0.3) is 5.65 Å². The van der Waals surface area contributed by atoms with Gasteiger partial charge in [0.1, 0.15) is 5.82 Å². The van der Waals surface area contributed by atoms with Crippen LogP contribution in [0.15, 0.2) is 41.3 Å². The van der Waals surface area contributed by atoms with Crippen LogP contribution in [-0.2, 0) is 16.4 Å². The predicted octanol–water partition coefficient (Wildman–Crippen LogP) is 2.10. The molecule has 0 radical (unpaired) electrons. The Morgan fingerprint density at radius 1 is 1.06 bits per heavy atom. The zero-order chi connectivity index (χ0) is 22.3. The van der Waals surface area contributed by atoms with Crippen molar-refractivity contribution in [1.29, 1.82) is 0 Å². The largest absolute Gasteiger partial charge is 0.369 e. The van der Waals surface area contributed by atoms with Crippen molar-refractivity contribution in [2.45, 2.75) is 38.5 Å². The first-order chi connectivity index (χ1) is 14.9. The Bertz CT molecular complexity index is 1090. The van der Waals surface area contributed by atoms with Crippen LogP contribution >= 0.6 is 0 Å². The lowest BCUT2D eigenvalue weighted by Crippen LogP contribution is -2.26. The highest BCUT2D eigenvalue weighted by molar-refractivity contribution is 7.89. The molecule has 2 heterocycles. The molecule has 2 aromatic heterocycles. The van der Waals surface area contributed by atoms with E-state index in [1.165, 1.54) is 0 Å². The highest BCUT2D eigenvalue weighted by atomic mass is 32.2. The van der Waals surface area contributed by atoms with Gasteiger partial charge in [0.15, 0.2) is 11.5 Å². The second-order valence-corrected chi connectivity index (χ2v) is 9.14. The van der Waals surface area contributed by atoms with E-state index >= 15 is 0 Å². The Morgan fingerprint density at radius 3 is 2.61 bits per heavy atom. The van der Waals surface area contributed by atoms with E-state index < -0.39 is 10.0 Å². The number of rotatable bonds is 12. The van der Waals surface area contributed by atoms with Crippen LogP contribution in [0.3, 0.4) is 0 Å². The fraction of sp³-hybridized carbons (Fsp3) is 0.476. The maximum Gasteiger partial charge on any atom is 0.240 e. The third-order valence-electron chi connectivity index (χ3n) is 5.12. The summed E-state index contributed by atoms with van der Waals surface area (Å²) in [5.41, 5.74) is 1.53. The van der Waals surface area contributed by atoms with Crippen LogP contribution in [0.2, 0.25) is 0 Å². The molecule has 0 aliphatic rings. The van der Waals surface area contributed by atoms with E-state index in [4.69, 9.17) is 0 Å². The Hall–Kier alpha value is -2.56. The van der Waals surface area contributed by atoms with Gasteiger partial charge >= 0.3 is 0 Å². The number of aryl methyl sites for hydroxylation is 1. The van der Waals surface area contributed by atoms with Crippen molar-refractivity contribution < 1.29 is 8.42 Å². The second-order valence-electron chi connectivity index (χ2n) is 7.38. The molecular weight excluding hydrogens is 414 g/mol. The number of hydrogen-bond acceptors (Lipinski definition) is 7. The van der Waals surface area contributed by atoms with E-state index in [1.54, 1.807) is 22.7 Å². The van der Waals surface area contributed by atoms with Gasteiger partial charge in [-0.1, -0.05) is 26.0 Å². The van der Waals surface area contributed by atoms with E-state index in [-0.39, 0.29) is 11.4 Å². The minimum Gasteiger partial charge on any atom is -0.369 e. The summed E-state index contributed by atoms with van der Waals surface area (Å²) in [4.78, 5) is 2.64. The molecule has 0 spiro atoms. The van der Waals surface area contributed by atoms with E-state index in [1.807, 2.05) is 25.1 Å². The molecule has 10 heteroatoms. The van der Waals surface area contributed by atoms with E-state index in [2.05, 4.69) is 44.1 Å². The highest BCUT2D eigenvalue weighted by Crippen LogP contribution is 2.11. The molecule has 0 atom stereocenters. The lowest BCUT2D eigenvalue weighted by atomic mass is 10.2. The molecule has 3 aromatic rings. The number of hydrogen-bond donors (Lipinski definition) is 2. The lowest BCUT2D eigenvalue weighted by molar-refractivity contribution is 0.303. The van der Waals surface area contributed by atoms with E-state index in [9.17, 15) is 8.42 Å². The fourth-order valence-corrected chi connectivity index (χ4v) is 4.44. The summed E-state index contributed by atoms with van der Waals surface area (Å²) < 4.78 is 29.3. The molecule has 0 saturated heterocycles. The fourth-order valence-electron chi connectivity index (χ4n) is 3.31. The van der Waals surface area contributed by atoms with Crippen molar-refractivity contribution >= 4 is 21.5 Å². The molecule has 0 bridgehead atoms. The average molecular weight is 446 g/mol. The third kappa shape index (κ3) is 6.22. The van der Waals surface area contributed by atoms with Crippen LogP contribution in [0, 0.1) is 6.92 Å². The summed E-state index contributed by atoms with van der Waals surface area (Å²) >= 11 is 0. The molecule has 0 amide bonds. The van der Waals surface area contributed by atoms with Crippen LogP contribution in [-0.4, -0.2) is 65.9 Å². The summed E-state index contributed by atoms with van der Waals surface area (Å²) in [7, 11) is -3.57. The third-order valence-corrected chi connectivity index (χ3v) is 6.58. The standard InChI is InChI=1S/C21H31N7O2S/c1-4-27(5-2)15-7-13-22-19-10-11-20-24-25-21(28(20)26-19)12-14-23-31(29,30)18-9-6-8-17(3)16-18/h6,8-11,16,23H,4-5,7,12-15H2,1-3H3,(H,22,26). The Labute approximate surface area is 183 Å². The summed E-state index contributed by atoms with van der Waals surface area (Å²) in [6, 6.07) is 10.6. The smallest absolute Gasteiger partial charge is 0.240 e. The van der Waals surface area contributed by atoms with Crippen molar-refractivity contribution in [3.63, 3.8) is 0 Å². The van der Waals surface area contributed by atoms with Crippen LogP contribution < -0.4 is 10.0 Å². The second kappa shape index (κ2) is 10.7. The van der Waals surface area contributed by atoms with Gasteiger partial charge in [0.25, 0.3) is 0 Å². The van der Waals surface area contributed by atoms with Gasteiger partial charge in [-0.25, -0.2) is 13.1 Å². The van der Waals surface area contributed by atoms with Gasteiger partial charge in [0.2, 0.25) is 10.0 Å². The Balaban J connectivity index is 1.58. The van der Waals surface area contributed by atoms with Crippen molar-refractivity contribution in [2.24, 2.45) is 0 Å². The number of nitrogens with one attached hydrogen (secondary N) is 2. The molecule has 1 aromatic carbocycles. The van der Waals surface area contributed by atoms with Crippen molar-refractivity contribution in [3.05, 3.63) is 47.8 Å². The van der Waals surface area contributed by atoms with Gasteiger partial charge in [0.05, 0.1) is 4.90 Å². The molecule has 3 rings (SSSR count). The van der Waals surface area contributed by atoms with Crippen molar-refractivity contribution in [2.75, 3.05) is 38.0 Å². The topological polar surface area (TPSA) is 105 Å². The minimum atomic E-state index is -3.57.